The summed E-state index contributed by atoms with van der Waals surface area (Å²) >= 11 is 5.00. The van der Waals surface area contributed by atoms with E-state index in [9.17, 15) is 0 Å². The van der Waals surface area contributed by atoms with Crippen molar-refractivity contribution in [2.75, 3.05) is 5.88 Å². The highest BCUT2D eigenvalue weighted by molar-refractivity contribution is 6.17. The van der Waals surface area contributed by atoms with E-state index in [1.54, 1.807) is 0 Å². The van der Waals surface area contributed by atoms with Crippen LogP contribution in [0.4, 0.5) is 0 Å². The third-order valence-corrected chi connectivity index (χ3v) is 0. The first-order chi connectivity index (χ1) is 1.41. The van der Waals surface area contributed by atoms with Gasteiger partial charge in [0.2, 0.25) is 0 Å². The van der Waals surface area contributed by atoms with Crippen LogP contribution < -0.4 is 0 Å². The predicted molar refractivity (Wildman–Crippen MR) is 38.1 cm³/mol. The SMILES string of the molecule is CCCl.Cl.Cl.Cl. The van der Waals surface area contributed by atoms with E-state index < -0.39 is 0 Å². The molecule has 0 N–H and O–H groups in total. The van der Waals surface area contributed by atoms with Crippen molar-refractivity contribution in [1.82, 2.24) is 0 Å². The summed E-state index contributed by atoms with van der Waals surface area (Å²) in [5, 5.41) is 0. The molecule has 0 rings (SSSR count). The number of hydrogen-bond acceptors (Lipinski definition) is 0. The van der Waals surface area contributed by atoms with Crippen molar-refractivity contribution in [3.8, 4) is 0 Å². The Hall–Kier alpha value is 1.16. The van der Waals surface area contributed by atoms with Crippen molar-refractivity contribution < 1.29 is 0 Å². The van der Waals surface area contributed by atoms with E-state index in [4.69, 9.17) is 11.6 Å². The molecule has 0 aliphatic carbocycles. The van der Waals surface area contributed by atoms with Crippen molar-refractivity contribution >= 4 is 48.8 Å². The molecule has 0 aromatic heterocycles. The summed E-state index contributed by atoms with van der Waals surface area (Å²) < 4.78 is 0. The van der Waals surface area contributed by atoms with Gasteiger partial charge >= 0.3 is 0 Å². The van der Waals surface area contributed by atoms with E-state index in [1.165, 1.54) is 0 Å². The van der Waals surface area contributed by atoms with Crippen LogP contribution in [0.25, 0.3) is 0 Å². The van der Waals surface area contributed by atoms with Crippen LogP contribution in [0.15, 0.2) is 0 Å². The largest absolute Gasteiger partial charge is 0.147 e. The zero-order chi connectivity index (χ0) is 2.71. The second-order valence-corrected chi connectivity index (χ2v) is 0.802. The van der Waals surface area contributed by atoms with E-state index >= 15 is 0 Å². The third kappa shape index (κ3) is 66.4. The number of alkyl halides is 1. The smallest absolute Gasteiger partial charge is 0.0195 e. The molecule has 0 saturated heterocycles. The summed E-state index contributed by atoms with van der Waals surface area (Å²) in [5.41, 5.74) is 0. The second kappa shape index (κ2) is 35.2. The van der Waals surface area contributed by atoms with Crippen LogP contribution in [-0.4, -0.2) is 5.88 Å². The molecule has 0 heterocycles. The Labute approximate surface area is 61.9 Å². The Bertz CT molecular complexity index is 5.51. The first-order valence-corrected chi connectivity index (χ1v) is 1.51. The lowest BCUT2D eigenvalue weighted by Crippen LogP contribution is -1.36. The van der Waals surface area contributed by atoms with Gasteiger partial charge in [-0.15, -0.1) is 48.8 Å². The van der Waals surface area contributed by atoms with Crippen molar-refractivity contribution in [3.63, 3.8) is 0 Å². The van der Waals surface area contributed by atoms with Gasteiger partial charge in [-0.05, 0) is 0 Å². The molecule has 6 heavy (non-hydrogen) atoms. The Morgan fingerprint density at radius 3 is 1.17 bits per heavy atom. The number of halogens is 4. The fourth-order valence-electron chi connectivity index (χ4n) is 0. The summed E-state index contributed by atoms with van der Waals surface area (Å²) in [5.74, 6) is 0.722. The van der Waals surface area contributed by atoms with Gasteiger partial charge in [-0.3, -0.25) is 0 Å². The van der Waals surface area contributed by atoms with Crippen molar-refractivity contribution in [1.29, 1.82) is 0 Å². The molecule has 0 saturated carbocycles. The van der Waals surface area contributed by atoms with Gasteiger partial charge in [-0.1, -0.05) is 6.92 Å². The van der Waals surface area contributed by atoms with Gasteiger partial charge in [0.15, 0.2) is 0 Å². The third-order valence-electron chi connectivity index (χ3n) is 0. The molecule has 0 nitrogen and oxygen atoms in total. The first-order valence-electron chi connectivity index (χ1n) is 0.974. The Morgan fingerprint density at radius 2 is 1.17 bits per heavy atom. The van der Waals surface area contributed by atoms with Crippen LogP contribution >= 0.6 is 48.8 Å². The highest BCUT2D eigenvalue weighted by Gasteiger charge is 1.38. The molecule has 0 unspecified atom stereocenters. The van der Waals surface area contributed by atoms with Gasteiger partial charge in [-0.2, -0.15) is 0 Å². The van der Waals surface area contributed by atoms with Gasteiger partial charge < -0.3 is 0 Å². The maximum Gasteiger partial charge on any atom is 0.0195 e. The lowest BCUT2D eigenvalue weighted by molar-refractivity contribution is 1.51. The summed E-state index contributed by atoms with van der Waals surface area (Å²) in [7, 11) is 0. The fraction of sp³-hybridized carbons (Fsp3) is 1.00. The molecule has 0 aliphatic rings. The molecule has 0 amide bonds. The molecular weight excluding hydrogens is 166 g/mol. The molecule has 0 radical (unpaired) electrons. The quantitative estimate of drug-likeness (QED) is 0.494. The Kier molecular flexibility index (Phi) is 159. The average Bonchev–Trinajstić information content (AvgIpc) is 0.918. The van der Waals surface area contributed by atoms with E-state index in [1.807, 2.05) is 6.92 Å². The molecule has 0 aliphatic heterocycles. The molecule has 0 spiro atoms. The van der Waals surface area contributed by atoms with Crippen LogP contribution in [0.3, 0.4) is 0 Å². The Morgan fingerprint density at radius 1 is 1.17 bits per heavy atom. The predicted octanol–water partition coefficient (Wildman–Crippen LogP) is 2.51. The van der Waals surface area contributed by atoms with Gasteiger partial charge in [0, 0.05) is 5.88 Å². The topological polar surface area (TPSA) is 0 Å². The van der Waals surface area contributed by atoms with E-state index in [-0.39, 0.29) is 37.2 Å². The maximum absolute atomic E-state index is 5.00. The molecule has 0 bridgehead atoms. The molecule has 0 aromatic rings. The van der Waals surface area contributed by atoms with Crippen LogP contribution in [0, 0.1) is 0 Å². The number of hydrogen-bond donors (Lipinski definition) is 0. The molecule has 4 heteroatoms. The standard InChI is InChI=1S/C2H5Cl.3ClH/c1-2-3;;;/h2H2,1H3;3*1H. The van der Waals surface area contributed by atoms with E-state index in [0.717, 1.165) is 5.88 Å². The zero-order valence-electron chi connectivity index (χ0n) is 3.31. The van der Waals surface area contributed by atoms with Crippen molar-refractivity contribution in [2.24, 2.45) is 0 Å². The van der Waals surface area contributed by atoms with Crippen LogP contribution in [-0.2, 0) is 0 Å². The summed E-state index contributed by atoms with van der Waals surface area (Å²) in [4.78, 5) is 0. The van der Waals surface area contributed by atoms with Crippen molar-refractivity contribution in [2.45, 2.75) is 6.92 Å². The minimum atomic E-state index is 0. The Balaban J connectivity index is -0.00000000667. The minimum Gasteiger partial charge on any atom is -0.147 e. The molecule has 0 atom stereocenters. The minimum absolute atomic E-state index is 0. The monoisotopic (exact) mass is 172 g/mol. The summed E-state index contributed by atoms with van der Waals surface area (Å²) in [6.45, 7) is 1.89. The normalized spacial score (nSPS) is 3.00. The zero-order valence-corrected chi connectivity index (χ0v) is 6.52. The van der Waals surface area contributed by atoms with Gasteiger partial charge in [0.1, 0.15) is 0 Å². The van der Waals surface area contributed by atoms with E-state index in [2.05, 4.69) is 0 Å². The van der Waals surface area contributed by atoms with E-state index in [0.29, 0.717) is 0 Å². The first kappa shape index (κ1) is 27.2. The highest BCUT2D eigenvalue weighted by Crippen LogP contribution is 1.59. The van der Waals surface area contributed by atoms with Gasteiger partial charge in [-0.25, -0.2) is 0 Å². The van der Waals surface area contributed by atoms with Crippen LogP contribution in [0.2, 0.25) is 0 Å². The maximum atomic E-state index is 5.00. The molecule has 0 fully saturated rings. The molecular formula is C2H8Cl4. The lowest BCUT2D eigenvalue weighted by atomic mass is 11.0. The number of rotatable bonds is 0. The van der Waals surface area contributed by atoms with Gasteiger partial charge in [0.25, 0.3) is 0 Å². The molecule has 0 aromatic carbocycles. The van der Waals surface area contributed by atoms with Gasteiger partial charge in [0.05, 0.1) is 0 Å². The fourth-order valence-corrected chi connectivity index (χ4v) is 0. The van der Waals surface area contributed by atoms with Crippen LogP contribution in [0.1, 0.15) is 6.92 Å². The van der Waals surface area contributed by atoms with Crippen molar-refractivity contribution in [3.05, 3.63) is 0 Å². The lowest BCUT2D eigenvalue weighted by Gasteiger charge is -1.45. The van der Waals surface area contributed by atoms with Crippen LogP contribution in [0.5, 0.6) is 0 Å². The molecule has 44 valence electrons. The summed E-state index contributed by atoms with van der Waals surface area (Å²) in [6.07, 6.45) is 0. The summed E-state index contributed by atoms with van der Waals surface area (Å²) in [6, 6.07) is 0. The highest BCUT2D eigenvalue weighted by atomic mass is 35.5. The average molecular weight is 174 g/mol. The second-order valence-electron chi connectivity index (χ2n) is 0.267.